The monoisotopic (exact) mass is 334 g/mol. The van der Waals surface area contributed by atoms with Crippen LogP contribution in [0.5, 0.6) is 5.75 Å². The molecular formula is C18H23FN2O3. The average molecular weight is 334 g/mol. The quantitative estimate of drug-likeness (QED) is 0.776. The van der Waals surface area contributed by atoms with Crippen molar-refractivity contribution in [3.63, 3.8) is 0 Å². The molecule has 1 heterocycles. The van der Waals surface area contributed by atoms with E-state index in [0.29, 0.717) is 6.54 Å². The molecule has 1 aliphatic carbocycles. The van der Waals surface area contributed by atoms with Crippen molar-refractivity contribution >= 4 is 11.8 Å². The van der Waals surface area contributed by atoms with Crippen molar-refractivity contribution in [3.05, 3.63) is 29.6 Å². The van der Waals surface area contributed by atoms with Crippen molar-refractivity contribution < 1.29 is 18.7 Å². The van der Waals surface area contributed by atoms with E-state index < -0.39 is 5.82 Å². The van der Waals surface area contributed by atoms with Crippen molar-refractivity contribution in [3.8, 4) is 5.75 Å². The van der Waals surface area contributed by atoms with Crippen LogP contribution in [0.2, 0.25) is 0 Å². The van der Waals surface area contributed by atoms with E-state index in [1.54, 1.807) is 12.1 Å². The zero-order valence-corrected chi connectivity index (χ0v) is 14.1. The zero-order chi connectivity index (χ0) is 17.3. The highest BCUT2D eigenvalue weighted by Crippen LogP contribution is 2.38. The number of likely N-dealkylation sites (tertiary alicyclic amines) is 1. The summed E-state index contributed by atoms with van der Waals surface area (Å²) in [6.07, 6.45) is 3.68. The molecule has 6 heteroatoms. The van der Waals surface area contributed by atoms with E-state index in [4.69, 9.17) is 4.74 Å². The number of carbonyl (C=O) groups is 2. The van der Waals surface area contributed by atoms with Gasteiger partial charge in [-0.05, 0) is 37.6 Å². The minimum absolute atomic E-state index is 0.0440. The number of halogens is 1. The number of benzene rings is 1. The van der Waals surface area contributed by atoms with Gasteiger partial charge in [-0.15, -0.1) is 0 Å². The van der Waals surface area contributed by atoms with Gasteiger partial charge in [0.25, 0.3) is 0 Å². The molecule has 1 aromatic carbocycles. The average Bonchev–Trinajstić information content (AvgIpc) is 2.80. The van der Waals surface area contributed by atoms with Crippen LogP contribution < -0.4 is 4.74 Å². The summed E-state index contributed by atoms with van der Waals surface area (Å²) in [5, 5.41) is 0. The lowest BCUT2D eigenvalue weighted by molar-refractivity contribution is -0.142. The van der Waals surface area contributed by atoms with Crippen LogP contribution in [0.3, 0.4) is 0 Å². The summed E-state index contributed by atoms with van der Waals surface area (Å²) in [5.41, 5.74) is 0.771. The van der Waals surface area contributed by atoms with Gasteiger partial charge >= 0.3 is 0 Å². The fourth-order valence-electron chi connectivity index (χ4n) is 3.78. The molecule has 5 nitrogen and oxygen atoms in total. The van der Waals surface area contributed by atoms with Gasteiger partial charge in [0.1, 0.15) is 0 Å². The Bertz CT molecular complexity index is 625. The number of ether oxygens (including phenoxy) is 1. The number of nitrogens with zero attached hydrogens (tertiary/aromatic N) is 2. The van der Waals surface area contributed by atoms with Gasteiger partial charge in [-0.3, -0.25) is 19.4 Å². The molecule has 0 radical (unpaired) electrons. The Labute approximate surface area is 141 Å². The van der Waals surface area contributed by atoms with E-state index >= 15 is 0 Å². The van der Waals surface area contributed by atoms with Crippen LogP contribution >= 0.6 is 0 Å². The van der Waals surface area contributed by atoms with Crippen molar-refractivity contribution in [2.45, 2.75) is 32.2 Å². The second kappa shape index (κ2) is 6.89. The first-order valence-corrected chi connectivity index (χ1v) is 8.37. The van der Waals surface area contributed by atoms with Gasteiger partial charge in [-0.2, -0.15) is 0 Å². The molecule has 2 fully saturated rings. The second-order valence-corrected chi connectivity index (χ2v) is 6.73. The fraction of sp³-hybridized carbons (Fsp3) is 0.556. The summed E-state index contributed by atoms with van der Waals surface area (Å²) in [6, 6.07) is 4.79. The lowest BCUT2D eigenvalue weighted by Crippen LogP contribution is -2.40. The maximum absolute atomic E-state index is 13.8. The second-order valence-electron chi connectivity index (χ2n) is 6.73. The van der Waals surface area contributed by atoms with E-state index in [2.05, 4.69) is 0 Å². The third-order valence-corrected chi connectivity index (χ3v) is 4.98. The topological polar surface area (TPSA) is 49.9 Å². The van der Waals surface area contributed by atoms with Crippen LogP contribution in [-0.2, 0) is 16.1 Å². The number of amides is 2. The molecular weight excluding hydrogens is 311 g/mol. The maximum atomic E-state index is 13.8. The predicted molar refractivity (Wildman–Crippen MR) is 86.6 cm³/mol. The molecule has 0 aromatic heterocycles. The molecule has 2 unspecified atom stereocenters. The maximum Gasteiger partial charge on any atom is 0.234 e. The highest BCUT2D eigenvalue weighted by atomic mass is 19.1. The molecule has 3 rings (SSSR count). The highest BCUT2D eigenvalue weighted by molar-refractivity contribution is 6.05. The summed E-state index contributed by atoms with van der Waals surface area (Å²) in [4.78, 5) is 28.2. The Morgan fingerprint density at radius 2 is 1.83 bits per heavy atom. The number of hydrogen-bond donors (Lipinski definition) is 0. The van der Waals surface area contributed by atoms with Gasteiger partial charge < -0.3 is 4.74 Å². The largest absolute Gasteiger partial charge is 0.494 e. The molecule has 0 N–H and O–H groups in total. The van der Waals surface area contributed by atoms with Gasteiger partial charge in [-0.1, -0.05) is 18.9 Å². The molecule has 130 valence electrons. The van der Waals surface area contributed by atoms with Crippen molar-refractivity contribution in [1.82, 2.24) is 9.80 Å². The van der Waals surface area contributed by atoms with Crippen LogP contribution in [0.1, 0.15) is 31.2 Å². The number of hydrogen-bond acceptors (Lipinski definition) is 4. The fourth-order valence-corrected chi connectivity index (χ4v) is 3.78. The van der Waals surface area contributed by atoms with Gasteiger partial charge in [-0.25, -0.2) is 4.39 Å². The first kappa shape index (κ1) is 16.9. The highest BCUT2D eigenvalue weighted by Gasteiger charge is 2.48. The van der Waals surface area contributed by atoms with Crippen molar-refractivity contribution in [1.29, 1.82) is 0 Å². The summed E-state index contributed by atoms with van der Waals surface area (Å²) in [5.74, 6) is -0.552. The molecule has 1 aromatic rings. The Kier molecular flexibility index (Phi) is 4.85. The van der Waals surface area contributed by atoms with Gasteiger partial charge in [0.2, 0.25) is 11.8 Å². The van der Waals surface area contributed by atoms with Gasteiger partial charge in [0.05, 0.1) is 25.6 Å². The minimum atomic E-state index is -0.414. The molecule has 1 saturated heterocycles. The normalized spacial score (nSPS) is 23.8. The molecule has 2 aliphatic rings. The number of carbonyl (C=O) groups excluding carboxylic acids is 2. The molecule has 1 saturated carbocycles. The molecule has 2 amide bonds. The smallest absolute Gasteiger partial charge is 0.234 e. The third kappa shape index (κ3) is 3.15. The number of imide groups is 1. The Morgan fingerprint density at radius 1 is 1.21 bits per heavy atom. The Hall–Kier alpha value is -1.95. The summed E-state index contributed by atoms with van der Waals surface area (Å²) >= 11 is 0. The summed E-state index contributed by atoms with van der Waals surface area (Å²) < 4.78 is 18.7. The Morgan fingerprint density at radius 3 is 2.38 bits per heavy atom. The molecule has 24 heavy (non-hydrogen) atoms. The van der Waals surface area contributed by atoms with Crippen LogP contribution in [-0.4, -0.2) is 42.4 Å². The zero-order valence-electron chi connectivity index (χ0n) is 14.1. The predicted octanol–water partition coefficient (Wildman–Crippen LogP) is 2.40. The first-order chi connectivity index (χ1) is 11.5. The Balaban J connectivity index is 1.64. The first-order valence-electron chi connectivity index (χ1n) is 8.37. The van der Waals surface area contributed by atoms with E-state index in [1.807, 2.05) is 11.9 Å². The van der Waals surface area contributed by atoms with Crippen molar-refractivity contribution in [2.24, 2.45) is 11.8 Å². The van der Waals surface area contributed by atoms with E-state index in [0.717, 1.165) is 31.2 Å². The summed E-state index contributed by atoms with van der Waals surface area (Å²) in [6.45, 7) is 0.700. The summed E-state index contributed by atoms with van der Waals surface area (Å²) in [7, 11) is 3.25. The van der Waals surface area contributed by atoms with E-state index in [1.165, 1.54) is 18.1 Å². The molecule has 2 atom stereocenters. The molecule has 1 aliphatic heterocycles. The number of fused-ring (bicyclic) bond motifs is 1. The molecule has 0 spiro atoms. The van der Waals surface area contributed by atoms with E-state index in [9.17, 15) is 14.0 Å². The van der Waals surface area contributed by atoms with Gasteiger partial charge in [0, 0.05) is 6.54 Å². The minimum Gasteiger partial charge on any atom is -0.494 e. The van der Waals surface area contributed by atoms with Crippen LogP contribution in [0.4, 0.5) is 4.39 Å². The van der Waals surface area contributed by atoms with Crippen LogP contribution in [0.25, 0.3) is 0 Å². The lowest BCUT2D eigenvalue weighted by atomic mass is 9.81. The van der Waals surface area contributed by atoms with Gasteiger partial charge in [0.15, 0.2) is 11.6 Å². The van der Waals surface area contributed by atoms with Crippen LogP contribution in [0, 0.1) is 17.7 Å². The van der Waals surface area contributed by atoms with Crippen LogP contribution in [0.15, 0.2) is 18.2 Å². The molecule has 0 bridgehead atoms. The SMILES string of the molecule is COc1ccc(CN(C)CN2C(=O)C3CCCCC3C2=O)cc1F. The third-order valence-electron chi connectivity index (χ3n) is 4.98. The standard InChI is InChI=1S/C18H23FN2O3/c1-20(10-12-7-8-16(24-2)15(19)9-12)11-21-17(22)13-5-3-4-6-14(13)18(21)23/h7-9,13-14H,3-6,10-11H2,1-2H3. The number of rotatable bonds is 5. The number of methoxy groups -OCH3 is 1. The van der Waals surface area contributed by atoms with Crippen molar-refractivity contribution in [2.75, 3.05) is 20.8 Å². The lowest BCUT2D eigenvalue weighted by Gasteiger charge is -2.23. The van der Waals surface area contributed by atoms with E-state index in [-0.39, 0.29) is 36.1 Å².